The summed E-state index contributed by atoms with van der Waals surface area (Å²) in [5.41, 5.74) is 1.79. The molecule has 2 aromatic rings. The highest BCUT2D eigenvalue weighted by Gasteiger charge is 2.12. The summed E-state index contributed by atoms with van der Waals surface area (Å²) in [6.45, 7) is 3.80. The fourth-order valence-corrected chi connectivity index (χ4v) is 1.41. The number of aryl methyl sites for hydroxylation is 2. The van der Waals surface area contributed by atoms with Crippen LogP contribution in [0.5, 0.6) is 0 Å². The van der Waals surface area contributed by atoms with Gasteiger partial charge < -0.3 is 9.84 Å². The summed E-state index contributed by atoms with van der Waals surface area (Å²) in [6.07, 6.45) is 2.56. The normalized spacial score (nSPS) is 10.2. The van der Waals surface area contributed by atoms with Crippen LogP contribution in [0.1, 0.15) is 28.7 Å². The van der Waals surface area contributed by atoms with E-state index in [1.54, 1.807) is 19.2 Å². The van der Waals surface area contributed by atoms with Gasteiger partial charge in [-0.05, 0) is 31.0 Å². The monoisotopic (exact) mass is 231 g/mol. The van der Waals surface area contributed by atoms with Crippen LogP contribution in [0.25, 0.3) is 0 Å². The first-order chi connectivity index (χ1) is 8.19. The van der Waals surface area contributed by atoms with Gasteiger partial charge in [-0.2, -0.15) is 0 Å². The van der Waals surface area contributed by atoms with Gasteiger partial charge >= 0.3 is 0 Å². The van der Waals surface area contributed by atoms with Crippen molar-refractivity contribution in [3.05, 3.63) is 41.4 Å². The van der Waals surface area contributed by atoms with Crippen molar-refractivity contribution >= 4 is 11.7 Å². The second kappa shape index (κ2) is 4.78. The first-order valence-corrected chi connectivity index (χ1v) is 5.38. The topological polar surface area (TPSA) is 68.0 Å². The quantitative estimate of drug-likeness (QED) is 0.879. The molecule has 2 heterocycles. The van der Waals surface area contributed by atoms with E-state index in [1.165, 1.54) is 0 Å². The van der Waals surface area contributed by atoms with Crippen LogP contribution >= 0.6 is 0 Å². The molecule has 0 spiro atoms. The van der Waals surface area contributed by atoms with Crippen molar-refractivity contribution < 1.29 is 9.32 Å². The summed E-state index contributed by atoms with van der Waals surface area (Å²) in [5, 5.41) is 6.32. The summed E-state index contributed by atoms with van der Waals surface area (Å²) in [6, 6.07) is 5.33. The first kappa shape index (κ1) is 11.3. The zero-order valence-electron chi connectivity index (χ0n) is 9.73. The van der Waals surface area contributed by atoms with E-state index in [1.807, 2.05) is 19.1 Å². The Morgan fingerprint density at radius 2 is 2.29 bits per heavy atom. The second-order valence-electron chi connectivity index (χ2n) is 3.69. The number of hydrogen-bond acceptors (Lipinski definition) is 4. The molecule has 0 fully saturated rings. The van der Waals surface area contributed by atoms with Crippen molar-refractivity contribution in [1.29, 1.82) is 0 Å². The molecule has 2 aromatic heterocycles. The van der Waals surface area contributed by atoms with Crippen molar-refractivity contribution in [3.63, 3.8) is 0 Å². The van der Waals surface area contributed by atoms with Crippen molar-refractivity contribution in [2.45, 2.75) is 20.3 Å². The standard InChI is InChI=1S/C12H13N3O2/c1-3-9-4-5-13-11(7-9)14-12(16)10-6-8(2)15-17-10/h4-7H,3H2,1-2H3,(H,13,14,16). The van der Waals surface area contributed by atoms with Gasteiger partial charge in [0, 0.05) is 12.3 Å². The van der Waals surface area contributed by atoms with Crippen LogP contribution in [0.4, 0.5) is 5.82 Å². The lowest BCUT2D eigenvalue weighted by atomic mass is 10.2. The van der Waals surface area contributed by atoms with Gasteiger partial charge in [-0.1, -0.05) is 12.1 Å². The Morgan fingerprint density at radius 3 is 2.94 bits per heavy atom. The second-order valence-corrected chi connectivity index (χ2v) is 3.69. The average molecular weight is 231 g/mol. The molecule has 0 radical (unpaired) electrons. The number of carbonyl (C=O) groups is 1. The fraction of sp³-hybridized carbons (Fsp3) is 0.250. The van der Waals surface area contributed by atoms with Crippen molar-refractivity contribution in [2.75, 3.05) is 5.32 Å². The summed E-state index contributed by atoms with van der Waals surface area (Å²) in [4.78, 5) is 15.8. The van der Waals surface area contributed by atoms with Crippen molar-refractivity contribution in [2.24, 2.45) is 0 Å². The zero-order chi connectivity index (χ0) is 12.3. The minimum Gasteiger partial charge on any atom is -0.351 e. The lowest BCUT2D eigenvalue weighted by Crippen LogP contribution is -2.12. The van der Waals surface area contributed by atoms with E-state index >= 15 is 0 Å². The van der Waals surface area contributed by atoms with E-state index in [0.29, 0.717) is 11.5 Å². The van der Waals surface area contributed by atoms with Crippen molar-refractivity contribution in [3.8, 4) is 0 Å². The van der Waals surface area contributed by atoms with Gasteiger partial charge in [-0.15, -0.1) is 0 Å². The van der Waals surface area contributed by atoms with Crippen LogP contribution in [0.2, 0.25) is 0 Å². The first-order valence-electron chi connectivity index (χ1n) is 5.38. The Labute approximate surface area is 98.8 Å². The Kier molecular flexibility index (Phi) is 3.18. The summed E-state index contributed by atoms with van der Waals surface area (Å²) in [5.74, 6) is 0.362. The zero-order valence-corrected chi connectivity index (χ0v) is 9.73. The van der Waals surface area contributed by atoms with E-state index in [0.717, 1.165) is 12.0 Å². The molecule has 5 heteroatoms. The molecular weight excluding hydrogens is 218 g/mol. The maximum Gasteiger partial charge on any atom is 0.295 e. The predicted octanol–water partition coefficient (Wildman–Crippen LogP) is 2.19. The number of anilines is 1. The van der Waals surface area contributed by atoms with Gasteiger partial charge in [0.2, 0.25) is 5.76 Å². The van der Waals surface area contributed by atoms with Crippen LogP contribution in [0.15, 0.2) is 28.9 Å². The number of amides is 1. The summed E-state index contributed by atoms with van der Waals surface area (Å²) in [7, 11) is 0. The molecule has 1 amide bonds. The van der Waals surface area contributed by atoms with Gasteiger partial charge in [-0.3, -0.25) is 4.79 Å². The lowest BCUT2D eigenvalue weighted by Gasteiger charge is -2.03. The Hall–Kier alpha value is -2.17. The number of rotatable bonds is 3. The molecule has 0 aliphatic rings. The number of carbonyl (C=O) groups excluding carboxylic acids is 1. The van der Waals surface area contributed by atoms with Crippen LogP contribution in [0.3, 0.4) is 0 Å². The molecule has 0 saturated heterocycles. The molecule has 0 aromatic carbocycles. The van der Waals surface area contributed by atoms with Gasteiger partial charge in [0.15, 0.2) is 0 Å². The molecular formula is C12H13N3O2. The highest BCUT2D eigenvalue weighted by atomic mass is 16.5. The number of nitrogens with zero attached hydrogens (tertiary/aromatic N) is 2. The van der Waals surface area contributed by atoms with Crippen molar-refractivity contribution in [1.82, 2.24) is 10.1 Å². The fourth-order valence-electron chi connectivity index (χ4n) is 1.41. The highest BCUT2D eigenvalue weighted by molar-refractivity contribution is 6.01. The molecule has 17 heavy (non-hydrogen) atoms. The van der Waals surface area contributed by atoms with Crippen LogP contribution in [-0.2, 0) is 6.42 Å². The minimum absolute atomic E-state index is 0.186. The molecule has 0 aliphatic heterocycles. The minimum atomic E-state index is -0.341. The van der Waals surface area contributed by atoms with E-state index in [4.69, 9.17) is 4.52 Å². The van der Waals surface area contributed by atoms with E-state index < -0.39 is 0 Å². The Morgan fingerprint density at radius 1 is 1.47 bits per heavy atom. The number of pyridine rings is 1. The lowest BCUT2D eigenvalue weighted by molar-refractivity contribution is 0.0987. The Bertz CT molecular complexity index is 534. The third-order valence-electron chi connectivity index (χ3n) is 2.33. The molecule has 0 unspecified atom stereocenters. The molecule has 0 bridgehead atoms. The van der Waals surface area contributed by atoms with Crippen LogP contribution < -0.4 is 5.32 Å². The summed E-state index contributed by atoms with van der Waals surface area (Å²) < 4.78 is 4.87. The van der Waals surface area contributed by atoms with Gasteiger partial charge in [-0.25, -0.2) is 4.98 Å². The molecule has 5 nitrogen and oxygen atoms in total. The van der Waals surface area contributed by atoms with Gasteiger partial charge in [0.25, 0.3) is 5.91 Å². The average Bonchev–Trinajstić information content (AvgIpc) is 2.76. The maximum atomic E-state index is 11.7. The molecule has 88 valence electrons. The molecule has 0 saturated carbocycles. The summed E-state index contributed by atoms with van der Waals surface area (Å²) >= 11 is 0. The van der Waals surface area contributed by atoms with E-state index in [9.17, 15) is 4.79 Å². The van der Waals surface area contributed by atoms with Gasteiger partial charge in [0.05, 0.1) is 5.69 Å². The maximum absolute atomic E-state index is 11.7. The van der Waals surface area contributed by atoms with E-state index in [-0.39, 0.29) is 11.7 Å². The predicted molar refractivity (Wildman–Crippen MR) is 62.8 cm³/mol. The third kappa shape index (κ3) is 2.69. The molecule has 1 N–H and O–H groups in total. The molecule has 2 rings (SSSR count). The largest absolute Gasteiger partial charge is 0.351 e. The smallest absolute Gasteiger partial charge is 0.295 e. The van der Waals surface area contributed by atoms with Gasteiger partial charge in [0.1, 0.15) is 5.82 Å². The number of aromatic nitrogens is 2. The third-order valence-corrected chi connectivity index (χ3v) is 2.33. The number of hydrogen-bond donors (Lipinski definition) is 1. The SMILES string of the molecule is CCc1ccnc(NC(=O)c2cc(C)no2)c1. The van der Waals surface area contributed by atoms with Crippen LogP contribution in [0, 0.1) is 6.92 Å². The van der Waals surface area contributed by atoms with Crippen LogP contribution in [-0.4, -0.2) is 16.0 Å². The molecule has 0 atom stereocenters. The molecule has 0 aliphatic carbocycles. The highest BCUT2D eigenvalue weighted by Crippen LogP contribution is 2.10. The Balaban J connectivity index is 2.12. The number of nitrogens with one attached hydrogen (secondary N) is 1. The van der Waals surface area contributed by atoms with E-state index in [2.05, 4.69) is 15.5 Å².